The fourth-order valence-corrected chi connectivity index (χ4v) is 5.51. The molecule has 0 unspecified atom stereocenters. The number of benzene rings is 4. The number of nitrogens with one attached hydrogen (secondary N) is 1. The summed E-state index contributed by atoms with van der Waals surface area (Å²) in [6.45, 7) is 0.466. The number of carbonyl (C=O) groups excluding carboxylic acids is 1. The SMILES string of the molecule is O=C(N/N=C\c1cc(I)c(OCc2cccc3ccccc23)c(I)c1)[C@@H](O)c1ccccc1. The molecule has 2 N–H and O–H groups in total. The Morgan fingerprint density at radius 2 is 1.64 bits per heavy atom. The molecule has 166 valence electrons. The lowest BCUT2D eigenvalue weighted by molar-refractivity contribution is -0.129. The number of fused-ring (bicyclic) bond motifs is 1. The van der Waals surface area contributed by atoms with E-state index in [1.165, 1.54) is 10.8 Å². The Kier molecular flexibility index (Phi) is 7.94. The van der Waals surface area contributed by atoms with Crippen LogP contribution in [0.4, 0.5) is 0 Å². The summed E-state index contributed by atoms with van der Waals surface area (Å²) in [6.07, 6.45) is 0.280. The van der Waals surface area contributed by atoms with Crippen LogP contribution in [0.3, 0.4) is 0 Å². The van der Waals surface area contributed by atoms with E-state index in [1.54, 1.807) is 30.5 Å². The van der Waals surface area contributed by atoms with Crippen molar-refractivity contribution < 1.29 is 14.6 Å². The van der Waals surface area contributed by atoms with Gasteiger partial charge in [-0.2, -0.15) is 5.10 Å². The minimum Gasteiger partial charge on any atom is -0.487 e. The van der Waals surface area contributed by atoms with E-state index in [9.17, 15) is 9.90 Å². The van der Waals surface area contributed by atoms with Crippen molar-refractivity contribution in [2.75, 3.05) is 0 Å². The standard InChI is InChI=1S/C26H20I2N2O3/c27-22-13-17(15-29-30-26(32)24(31)19-8-2-1-3-9-19)14-23(28)25(22)33-16-20-11-6-10-18-7-4-5-12-21(18)20/h1-15,24,31H,16H2,(H,30,32)/b29-15-/t24-/m0/s1. The average Bonchev–Trinajstić information content (AvgIpc) is 2.83. The van der Waals surface area contributed by atoms with Gasteiger partial charge in [0.15, 0.2) is 6.10 Å². The van der Waals surface area contributed by atoms with Crippen LogP contribution in [0, 0.1) is 7.14 Å². The molecule has 1 amide bonds. The van der Waals surface area contributed by atoms with Crippen LogP contribution >= 0.6 is 45.2 Å². The van der Waals surface area contributed by atoms with E-state index in [0.29, 0.717) is 12.2 Å². The van der Waals surface area contributed by atoms with Gasteiger partial charge in [-0.1, -0.05) is 72.8 Å². The summed E-state index contributed by atoms with van der Waals surface area (Å²) in [5, 5.41) is 16.5. The van der Waals surface area contributed by atoms with E-state index in [-0.39, 0.29) is 0 Å². The second-order valence-electron chi connectivity index (χ2n) is 7.29. The molecule has 0 fully saturated rings. The Morgan fingerprint density at radius 3 is 2.39 bits per heavy atom. The van der Waals surface area contributed by atoms with Gasteiger partial charge in [-0.3, -0.25) is 4.79 Å². The number of halogens is 2. The molecule has 4 aromatic carbocycles. The first-order valence-corrected chi connectivity index (χ1v) is 12.3. The van der Waals surface area contributed by atoms with E-state index >= 15 is 0 Å². The van der Waals surface area contributed by atoms with Gasteiger partial charge in [0, 0.05) is 0 Å². The molecule has 0 heterocycles. The monoisotopic (exact) mass is 662 g/mol. The van der Waals surface area contributed by atoms with Crippen molar-refractivity contribution >= 4 is 68.1 Å². The third-order valence-electron chi connectivity index (χ3n) is 5.02. The molecule has 1 atom stereocenters. The van der Waals surface area contributed by atoms with Gasteiger partial charge < -0.3 is 9.84 Å². The van der Waals surface area contributed by atoms with Gasteiger partial charge in [-0.25, -0.2) is 5.43 Å². The molecular formula is C26H20I2N2O3. The minimum absolute atomic E-state index is 0.466. The second-order valence-corrected chi connectivity index (χ2v) is 9.61. The quantitative estimate of drug-likeness (QED) is 0.149. The lowest BCUT2D eigenvalue weighted by Gasteiger charge is -2.13. The van der Waals surface area contributed by atoms with Crippen molar-refractivity contribution in [2.24, 2.45) is 5.10 Å². The maximum atomic E-state index is 12.1. The molecule has 0 aliphatic heterocycles. The van der Waals surface area contributed by atoms with Gasteiger partial charge in [0.2, 0.25) is 0 Å². The summed E-state index contributed by atoms with van der Waals surface area (Å²) in [5.74, 6) is 0.224. The maximum Gasteiger partial charge on any atom is 0.273 e. The highest BCUT2D eigenvalue weighted by atomic mass is 127. The fourth-order valence-electron chi connectivity index (χ4n) is 3.38. The molecule has 0 aliphatic rings. The van der Waals surface area contributed by atoms with Crippen molar-refractivity contribution in [3.8, 4) is 5.75 Å². The minimum atomic E-state index is -1.27. The molecule has 0 saturated heterocycles. The first-order valence-electron chi connectivity index (χ1n) is 10.2. The Hall–Kier alpha value is -2.50. The van der Waals surface area contributed by atoms with E-state index in [4.69, 9.17) is 4.74 Å². The number of aliphatic hydroxyl groups is 1. The predicted molar refractivity (Wildman–Crippen MR) is 147 cm³/mol. The molecule has 0 aromatic heterocycles. The number of hydrogen-bond acceptors (Lipinski definition) is 4. The van der Waals surface area contributed by atoms with Gasteiger partial charge in [0.1, 0.15) is 12.4 Å². The third kappa shape index (κ3) is 5.90. The summed E-state index contributed by atoms with van der Waals surface area (Å²) in [5.41, 5.74) is 4.85. The van der Waals surface area contributed by atoms with Crippen LogP contribution in [-0.2, 0) is 11.4 Å². The lowest BCUT2D eigenvalue weighted by Crippen LogP contribution is -2.25. The highest BCUT2D eigenvalue weighted by Crippen LogP contribution is 2.30. The molecule has 0 saturated carbocycles. The van der Waals surface area contributed by atoms with Crippen molar-refractivity contribution in [1.29, 1.82) is 0 Å². The molecule has 5 nitrogen and oxygen atoms in total. The van der Waals surface area contributed by atoms with Gasteiger partial charge in [0.05, 0.1) is 13.4 Å². The van der Waals surface area contributed by atoms with E-state index in [1.807, 2.05) is 36.4 Å². The topological polar surface area (TPSA) is 70.9 Å². The molecule has 0 bridgehead atoms. The fraction of sp³-hybridized carbons (Fsp3) is 0.0769. The Labute approximate surface area is 219 Å². The Morgan fingerprint density at radius 1 is 0.970 bits per heavy atom. The number of ether oxygens (including phenoxy) is 1. The molecule has 0 spiro atoms. The highest BCUT2D eigenvalue weighted by Gasteiger charge is 2.16. The number of rotatable bonds is 7. The average molecular weight is 662 g/mol. The van der Waals surface area contributed by atoms with Gasteiger partial charge >= 0.3 is 0 Å². The largest absolute Gasteiger partial charge is 0.487 e. The molecular weight excluding hydrogens is 642 g/mol. The zero-order valence-electron chi connectivity index (χ0n) is 17.4. The zero-order chi connectivity index (χ0) is 23.2. The molecule has 0 aliphatic carbocycles. The number of aliphatic hydroxyl groups excluding tert-OH is 1. The smallest absolute Gasteiger partial charge is 0.273 e. The van der Waals surface area contributed by atoms with Gasteiger partial charge in [-0.05, 0) is 84.8 Å². The number of amides is 1. The predicted octanol–water partition coefficient (Wildman–Crippen LogP) is 5.81. The summed E-state index contributed by atoms with van der Waals surface area (Å²) in [6, 6.07) is 27.1. The summed E-state index contributed by atoms with van der Waals surface area (Å²) in [7, 11) is 0. The van der Waals surface area contributed by atoms with Crippen molar-refractivity contribution in [2.45, 2.75) is 12.7 Å². The van der Waals surface area contributed by atoms with Crippen LogP contribution in [0.25, 0.3) is 10.8 Å². The first-order chi connectivity index (χ1) is 16.0. The van der Waals surface area contributed by atoms with Crippen molar-refractivity contribution in [3.63, 3.8) is 0 Å². The molecule has 7 heteroatoms. The zero-order valence-corrected chi connectivity index (χ0v) is 21.7. The number of hydrogen-bond donors (Lipinski definition) is 2. The van der Waals surface area contributed by atoms with Gasteiger partial charge in [-0.15, -0.1) is 0 Å². The number of carbonyl (C=O) groups is 1. The summed E-state index contributed by atoms with van der Waals surface area (Å²) < 4.78 is 8.06. The molecule has 33 heavy (non-hydrogen) atoms. The Balaban J connectivity index is 1.42. The number of hydrazone groups is 1. The summed E-state index contributed by atoms with van der Waals surface area (Å²) in [4.78, 5) is 12.1. The van der Waals surface area contributed by atoms with E-state index in [0.717, 1.165) is 24.0 Å². The van der Waals surface area contributed by atoms with Crippen LogP contribution in [0.1, 0.15) is 22.8 Å². The molecule has 0 radical (unpaired) electrons. The van der Waals surface area contributed by atoms with E-state index < -0.39 is 12.0 Å². The Bertz CT molecular complexity index is 1280. The molecule has 4 aromatic rings. The second kappa shape index (κ2) is 11.1. The van der Waals surface area contributed by atoms with Crippen LogP contribution in [0.2, 0.25) is 0 Å². The summed E-state index contributed by atoms with van der Waals surface area (Å²) >= 11 is 4.47. The van der Waals surface area contributed by atoms with Crippen molar-refractivity contribution in [3.05, 3.63) is 109 Å². The van der Waals surface area contributed by atoms with Crippen LogP contribution in [0.15, 0.2) is 90.0 Å². The number of nitrogens with zero attached hydrogens (tertiary/aromatic N) is 1. The van der Waals surface area contributed by atoms with Crippen molar-refractivity contribution in [1.82, 2.24) is 5.43 Å². The first kappa shape index (κ1) is 23.7. The van der Waals surface area contributed by atoms with Crippen LogP contribution < -0.4 is 10.2 Å². The van der Waals surface area contributed by atoms with Crippen LogP contribution in [0.5, 0.6) is 5.75 Å². The normalized spacial score (nSPS) is 12.1. The van der Waals surface area contributed by atoms with Gasteiger partial charge in [0.25, 0.3) is 5.91 Å². The third-order valence-corrected chi connectivity index (χ3v) is 6.63. The highest BCUT2D eigenvalue weighted by molar-refractivity contribution is 14.1. The molecule has 4 rings (SSSR count). The lowest BCUT2D eigenvalue weighted by atomic mass is 10.1. The van der Waals surface area contributed by atoms with E-state index in [2.05, 4.69) is 80.0 Å². The van der Waals surface area contributed by atoms with Crippen LogP contribution in [-0.4, -0.2) is 17.2 Å². The maximum absolute atomic E-state index is 12.1.